The van der Waals surface area contributed by atoms with Gasteiger partial charge >= 0.3 is 5.97 Å². The van der Waals surface area contributed by atoms with Crippen molar-refractivity contribution >= 4 is 11.9 Å². The highest BCUT2D eigenvalue weighted by molar-refractivity contribution is 5.91. The molecule has 0 atom stereocenters. The number of nitrogens with two attached hydrogens (primary N) is 1. The van der Waals surface area contributed by atoms with Crippen molar-refractivity contribution in [2.24, 2.45) is 5.73 Å². The van der Waals surface area contributed by atoms with E-state index in [-0.39, 0.29) is 22.8 Å². The minimum absolute atomic E-state index is 0.0502. The van der Waals surface area contributed by atoms with Gasteiger partial charge in [-0.3, -0.25) is 4.79 Å². The molecule has 1 aromatic carbocycles. The Balaban J connectivity index is 3.07. The van der Waals surface area contributed by atoms with E-state index < -0.39 is 31.5 Å². The van der Waals surface area contributed by atoms with E-state index in [0.29, 0.717) is 0 Å². The van der Waals surface area contributed by atoms with Crippen LogP contribution >= 0.6 is 0 Å². The second-order valence-corrected chi connectivity index (χ2v) is 3.95. The molecule has 122 valence electrons. The zero-order chi connectivity index (χ0) is 16.7. The highest BCUT2D eigenvalue weighted by atomic mass is 19.3. The van der Waals surface area contributed by atoms with E-state index in [0.717, 1.165) is 0 Å². The molecule has 0 aromatic heterocycles. The van der Waals surface area contributed by atoms with Gasteiger partial charge in [0.25, 0.3) is 12.3 Å². The molecule has 1 rings (SSSR count). The Kier molecular flexibility index (Phi) is 6.36. The van der Waals surface area contributed by atoms with E-state index in [1.165, 1.54) is 26.4 Å². The third kappa shape index (κ3) is 4.76. The molecule has 0 heterocycles. The molecule has 0 bridgehead atoms. The summed E-state index contributed by atoms with van der Waals surface area (Å²) < 4.78 is 43.7. The summed E-state index contributed by atoms with van der Waals surface area (Å²) in [5.74, 6) is -1.52. The number of rotatable bonds is 8. The lowest BCUT2D eigenvalue weighted by atomic mass is 10.2. The van der Waals surface area contributed by atoms with Crippen molar-refractivity contribution in [1.82, 2.24) is 0 Å². The lowest BCUT2D eigenvalue weighted by molar-refractivity contribution is -0.120. The Hall–Kier alpha value is -2.58. The first kappa shape index (κ1) is 17.5. The predicted molar refractivity (Wildman–Crippen MR) is 70.5 cm³/mol. The summed E-state index contributed by atoms with van der Waals surface area (Å²) in [5, 5.41) is 0. The molecule has 0 spiro atoms. The number of ether oxygens (including phenoxy) is 4. The Morgan fingerprint density at radius 2 is 1.73 bits per heavy atom. The van der Waals surface area contributed by atoms with Crippen molar-refractivity contribution in [2.75, 3.05) is 27.4 Å². The summed E-state index contributed by atoms with van der Waals surface area (Å²) in [6.07, 6.45) is -2.77. The first-order chi connectivity index (χ1) is 10.4. The minimum Gasteiger partial charge on any atom is -0.493 e. The fraction of sp³-hybridized carbons (Fsp3) is 0.385. The van der Waals surface area contributed by atoms with E-state index in [9.17, 15) is 18.4 Å². The van der Waals surface area contributed by atoms with Crippen LogP contribution < -0.4 is 19.9 Å². The highest BCUT2D eigenvalue weighted by Crippen LogP contribution is 2.38. The second kappa shape index (κ2) is 8.01. The topological polar surface area (TPSA) is 97.1 Å². The van der Waals surface area contributed by atoms with E-state index >= 15 is 0 Å². The van der Waals surface area contributed by atoms with E-state index in [4.69, 9.17) is 19.9 Å². The van der Waals surface area contributed by atoms with Gasteiger partial charge in [-0.05, 0) is 12.1 Å². The Labute approximate surface area is 124 Å². The lowest BCUT2D eigenvalue weighted by Crippen LogP contribution is -2.20. The van der Waals surface area contributed by atoms with Crippen LogP contribution in [0.5, 0.6) is 17.2 Å². The van der Waals surface area contributed by atoms with Crippen LogP contribution in [0.2, 0.25) is 0 Å². The van der Waals surface area contributed by atoms with Gasteiger partial charge < -0.3 is 24.7 Å². The number of carbonyl (C=O) groups excluding carboxylic acids is 2. The number of carbonyl (C=O) groups is 2. The molecule has 0 aliphatic carbocycles. The second-order valence-electron chi connectivity index (χ2n) is 3.95. The van der Waals surface area contributed by atoms with Crippen LogP contribution in [0.25, 0.3) is 0 Å². The summed E-state index contributed by atoms with van der Waals surface area (Å²) in [6, 6.07) is 2.43. The monoisotopic (exact) mass is 319 g/mol. The number of methoxy groups -OCH3 is 2. The number of benzene rings is 1. The Bertz CT molecular complexity index is 524. The molecule has 0 fully saturated rings. The summed E-state index contributed by atoms with van der Waals surface area (Å²) in [4.78, 5) is 22.4. The van der Waals surface area contributed by atoms with Crippen molar-refractivity contribution in [3.63, 3.8) is 0 Å². The number of amides is 1. The molecule has 1 aromatic rings. The quantitative estimate of drug-likeness (QED) is 0.718. The summed E-state index contributed by atoms with van der Waals surface area (Å²) in [5.41, 5.74) is 4.91. The van der Waals surface area contributed by atoms with Gasteiger partial charge in [0, 0.05) is 0 Å². The summed E-state index contributed by atoms with van der Waals surface area (Å²) in [7, 11) is 2.58. The van der Waals surface area contributed by atoms with Crippen LogP contribution in [-0.4, -0.2) is 45.7 Å². The molecule has 0 saturated heterocycles. The fourth-order valence-electron chi connectivity index (χ4n) is 1.51. The normalized spacial score (nSPS) is 10.2. The van der Waals surface area contributed by atoms with Crippen LogP contribution in [0.15, 0.2) is 12.1 Å². The summed E-state index contributed by atoms with van der Waals surface area (Å²) in [6.45, 7) is -1.45. The number of primary amides is 1. The predicted octanol–water partition coefficient (Wildman–Crippen LogP) is 0.990. The van der Waals surface area contributed by atoms with Crippen molar-refractivity contribution in [2.45, 2.75) is 6.43 Å². The van der Waals surface area contributed by atoms with Gasteiger partial charge in [0.15, 0.2) is 24.7 Å². The van der Waals surface area contributed by atoms with Crippen LogP contribution in [0.4, 0.5) is 8.78 Å². The Morgan fingerprint density at radius 3 is 2.14 bits per heavy atom. The van der Waals surface area contributed by atoms with Gasteiger partial charge in [0.2, 0.25) is 5.75 Å². The number of hydrogen-bond acceptors (Lipinski definition) is 6. The molecule has 2 N–H and O–H groups in total. The largest absolute Gasteiger partial charge is 0.493 e. The van der Waals surface area contributed by atoms with Crippen LogP contribution in [0, 0.1) is 0 Å². The maximum atomic E-state index is 12.1. The SMILES string of the molecule is COc1cc(C(=O)OCC(F)F)cc(OC)c1OCC(N)=O. The number of esters is 1. The average Bonchev–Trinajstić information content (AvgIpc) is 2.49. The molecule has 0 radical (unpaired) electrons. The van der Waals surface area contributed by atoms with Crippen molar-refractivity contribution < 1.29 is 37.3 Å². The first-order valence-electron chi connectivity index (χ1n) is 6.01. The van der Waals surface area contributed by atoms with E-state index in [2.05, 4.69) is 4.74 Å². The van der Waals surface area contributed by atoms with Gasteiger partial charge in [0.1, 0.15) is 0 Å². The fourth-order valence-corrected chi connectivity index (χ4v) is 1.51. The van der Waals surface area contributed by atoms with Gasteiger partial charge in [-0.25, -0.2) is 13.6 Å². The lowest BCUT2D eigenvalue weighted by Gasteiger charge is -2.15. The first-order valence-corrected chi connectivity index (χ1v) is 6.01. The molecule has 0 saturated carbocycles. The smallest absolute Gasteiger partial charge is 0.338 e. The third-order valence-electron chi connectivity index (χ3n) is 2.40. The molecule has 9 heteroatoms. The van der Waals surface area contributed by atoms with Gasteiger partial charge in [-0.15, -0.1) is 0 Å². The maximum Gasteiger partial charge on any atom is 0.338 e. The minimum atomic E-state index is -2.77. The number of alkyl halides is 2. The highest BCUT2D eigenvalue weighted by Gasteiger charge is 2.20. The van der Waals surface area contributed by atoms with E-state index in [1.54, 1.807) is 0 Å². The molecule has 7 nitrogen and oxygen atoms in total. The molecule has 0 unspecified atom stereocenters. The molecule has 22 heavy (non-hydrogen) atoms. The standard InChI is InChI=1S/C13H15F2NO6/c1-19-8-3-7(13(18)22-5-10(14)15)4-9(20-2)12(8)21-6-11(16)17/h3-4,10H,5-6H2,1-2H3,(H2,16,17). The van der Waals surface area contributed by atoms with Crippen LogP contribution in [-0.2, 0) is 9.53 Å². The maximum absolute atomic E-state index is 12.1. The molecular weight excluding hydrogens is 304 g/mol. The summed E-state index contributed by atoms with van der Waals surface area (Å²) >= 11 is 0. The molecule has 1 amide bonds. The molecule has 0 aliphatic rings. The van der Waals surface area contributed by atoms with Gasteiger partial charge in [-0.2, -0.15) is 0 Å². The average molecular weight is 319 g/mol. The molecule has 0 aliphatic heterocycles. The van der Waals surface area contributed by atoms with Crippen LogP contribution in [0.1, 0.15) is 10.4 Å². The molecular formula is C13H15F2NO6. The van der Waals surface area contributed by atoms with Crippen molar-refractivity contribution in [3.8, 4) is 17.2 Å². The van der Waals surface area contributed by atoms with Crippen molar-refractivity contribution in [3.05, 3.63) is 17.7 Å². The number of hydrogen-bond donors (Lipinski definition) is 1. The van der Waals surface area contributed by atoms with E-state index in [1.807, 2.05) is 0 Å². The van der Waals surface area contributed by atoms with Crippen LogP contribution in [0.3, 0.4) is 0 Å². The zero-order valence-electron chi connectivity index (χ0n) is 11.9. The Morgan fingerprint density at radius 1 is 1.18 bits per heavy atom. The zero-order valence-corrected chi connectivity index (χ0v) is 11.9. The third-order valence-corrected chi connectivity index (χ3v) is 2.40. The van der Waals surface area contributed by atoms with Crippen molar-refractivity contribution in [1.29, 1.82) is 0 Å². The van der Waals surface area contributed by atoms with Gasteiger partial charge in [0.05, 0.1) is 19.8 Å². The van der Waals surface area contributed by atoms with Gasteiger partial charge in [-0.1, -0.05) is 0 Å². The number of halogens is 2.